The van der Waals surface area contributed by atoms with Gasteiger partial charge in [-0.05, 0) is 19.9 Å². The maximum absolute atomic E-state index is 12.1. The number of carbonyl (C=O) groups excluding carboxylic acids is 1. The largest absolute Gasteiger partial charge is 0.341 e. The van der Waals surface area contributed by atoms with Gasteiger partial charge in [-0.1, -0.05) is 0 Å². The highest BCUT2D eigenvalue weighted by Gasteiger charge is 2.22. The Morgan fingerprint density at radius 1 is 1.65 bits per heavy atom. The molecule has 1 amide bonds. The third kappa shape index (κ3) is 3.53. The van der Waals surface area contributed by atoms with Crippen molar-refractivity contribution in [1.82, 2.24) is 20.0 Å². The normalized spacial score (nSPS) is 19.1. The number of aryl methyl sites for hydroxylation is 1. The minimum Gasteiger partial charge on any atom is -0.341 e. The Morgan fingerprint density at radius 2 is 2.45 bits per heavy atom. The van der Waals surface area contributed by atoms with Crippen molar-refractivity contribution in [2.24, 2.45) is 0 Å². The summed E-state index contributed by atoms with van der Waals surface area (Å²) >= 11 is 0. The number of aromatic nitrogens is 2. The molecule has 1 unspecified atom stereocenters. The Bertz CT molecular complexity index is 487. The quantitative estimate of drug-likeness (QED) is 0.622. The zero-order valence-corrected chi connectivity index (χ0v) is 11.5. The molecule has 8 nitrogen and oxygen atoms in total. The lowest BCUT2D eigenvalue weighted by molar-refractivity contribution is -0.385. The third-order valence-corrected chi connectivity index (χ3v) is 3.57. The first-order chi connectivity index (χ1) is 9.60. The lowest BCUT2D eigenvalue weighted by Gasteiger charge is -2.32. The van der Waals surface area contributed by atoms with E-state index < -0.39 is 4.92 Å². The number of nitrogens with one attached hydrogen (secondary N) is 1. The van der Waals surface area contributed by atoms with E-state index in [9.17, 15) is 14.9 Å². The number of nitrogens with zero attached hydrogens (tertiary/aromatic N) is 4. The van der Waals surface area contributed by atoms with Gasteiger partial charge < -0.3 is 10.2 Å². The van der Waals surface area contributed by atoms with Gasteiger partial charge in [0, 0.05) is 32.1 Å². The first kappa shape index (κ1) is 14.4. The maximum Gasteiger partial charge on any atom is 0.306 e. The van der Waals surface area contributed by atoms with Crippen molar-refractivity contribution < 1.29 is 9.72 Å². The van der Waals surface area contributed by atoms with E-state index in [1.807, 2.05) is 11.9 Å². The Hall–Kier alpha value is -1.96. The van der Waals surface area contributed by atoms with Crippen molar-refractivity contribution in [2.45, 2.75) is 31.8 Å². The molecule has 2 heterocycles. The van der Waals surface area contributed by atoms with Crippen LogP contribution in [0.15, 0.2) is 12.4 Å². The van der Waals surface area contributed by atoms with Crippen LogP contribution in [0.5, 0.6) is 0 Å². The number of hydrogen-bond acceptors (Lipinski definition) is 5. The van der Waals surface area contributed by atoms with Crippen LogP contribution in [-0.2, 0) is 11.3 Å². The molecule has 1 aromatic heterocycles. The molecule has 8 heteroatoms. The van der Waals surface area contributed by atoms with Gasteiger partial charge in [-0.2, -0.15) is 5.10 Å². The maximum atomic E-state index is 12.1. The van der Waals surface area contributed by atoms with Crippen LogP contribution in [0.4, 0.5) is 5.69 Å². The lowest BCUT2D eigenvalue weighted by Crippen LogP contribution is -2.47. The molecule has 0 aromatic carbocycles. The predicted octanol–water partition coefficient (Wildman–Crippen LogP) is 0.392. The number of hydrogen-bond donors (Lipinski definition) is 1. The van der Waals surface area contributed by atoms with Crippen LogP contribution < -0.4 is 5.32 Å². The monoisotopic (exact) mass is 281 g/mol. The van der Waals surface area contributed by atoms with Crippen LogP contribution in [0.3, 0.4) is 0 Å². The summed E-state index contributed by atoms with van der Waals surface area (Å²) in [6.07, 6.45) is 4.95. The molecule has 1 aliphatic rings. The summed E-state index contributed by atoms with van der Waals surface area (Å²) in [6.45, 7) is 1.89. The van der Waals surface area contributed by atoms with Gasteiger partial charge >= 0.3 is 5.69 Å². The summed E-state index contributed by atoms with van der Waals surface area (Å²) < 4.78 is 1.44. The smallest absolute Gasteiger partial charge is 0.306 e. The zero-order chi connectivity index (χ0) is 14.5. The van der Waals surface area contributed by atoms with Crippen molar-refractivity contribution in [1.29, 1.82) is 0 Å². The highest BCUT2D eigenvalue weighted by atomic mass is 16.6. The first-order valence-corrected chi connectivity index (χ1v) is 6.72. The number of nitro groups is 1. The number of likely N-dealkylation sites (tertiary alicyclic amines) is 1. The van der Waals surface area contributed by atoms with Crippen molar-refractivity contribution in [3.05, 3.63) is 22.5 Å². The molecule has 20 heavy (non-hydrogen) atoms. The second-order valence-electron chi connectivity index (χ2n) is 4.94. The van der Waals surface area contributed by atoms with Gasteiger partial charge in [0.1, 0.15) is 12.4 Å². The summed E-state index contributed by atoms with van der Waals surface area (Å²) in [6, 6.07) is 0.360. The molecule has 0 saturated carbocycles. The molecule has 0 spiro atoms. The Morgan fingerprint density at radius 3 is 3.10 bits per heavy atom. The fraction of sp³-hybridized carbons (Fsp3) is 0.667. The van der Waals surface area contributed by atoms with E-state index in [2.05, 4.69) is 10.4 Å². The summed E-state index contributed by atoms with van der Waals surface area (Å²) in [5.74, 6) is 0.0723. The summed E-state index contributed by atoms with van der Waals surface area (Å²) in [5, 5.41) is 17.6. The van der Waals surface area contributed by atoms with Gasteiger partial charge in [0.05, 0.1) is 4.92 Å². The Labute approximate surface area is 116 Å². The fourth-order valence-electron chi connectivity index (χ4n) is 2.38. The van der Waals surface area contributed by atoms with Crippen molar-refractivity contribution in [3.8, 4) is 0 Å². The number of amides is 1. The average molecular weight is 281 g/mol. The van der Waals surface area contributed by atoms with Crippen LogP contribution in [0, 0.1) is 10.1 Å². The molecule has 1 aromatic rings. The third-order valence-electron chi connectivity index (χ3n) is 3.57. The molecule has 1 saturated heterocycles. The molecule has 1 aliphatic heterocycles. The molecule has 110 valence electrons. The number of carbonyl (C=O) groups is 1. The van der Waals surface area contributed by atoms with Crippen molar-refractivity contribution >= 4 is 11.6 Å². The van der Waals surface area contributed by atoms with Crippen LogP contribution >= 0.6 is 0 Å². The Balaban J connectivity index is 1.83. The van der Waals surface area contributed by atoms with Gasteiger partial charge in [-0.25, -0.2) is 0 Å². The van der Waals surface area contributed by atoms with E-state index in [0.29, 0.717) is 19.0 Å². The summed E-state index contributed by atoms with van der Waals surface area (Å²) in [5.41, 5.74) is -0.0503. The van der Waals surface area contributed by atoms with Crippen LogP contribution in [0.25, 0.3) is 0 Å². The van der Waals surface area contributed by atoms with E-state index in [1.54, 1.807) is 0 Å². The van der Waals surface area contributed by atoms with Gasteiger partial charge in [-0.3, -0.25) is 19.6 Å². The number of rotatable bonds is 5. The molecule has 1 N–H and O–H groups in total. The zero-order valence-electron chi connectivity index (χ0n) is 11.5. The fourth-order valence-corrected chi connectivity index (χ4v) is 2.38. The van der Waals surface area contributed by atoms with Crippen LogP contribution in [-0.4, -0.2) is 51.7 Å². The molecular weight excluding hydrogens is 262 g/mol. The standard InChI is InChI=1S/C12H19N5O3/c1-13-10-3-2-5-15(8-10)12(18)4-6-16-9-11(7-14-16)17(19)20/h7,9-10,13H,2-6,8H2,1H3. The van der Waals surface area contributed by atoms with Gasteiger partial charge in [0.2, 0.25) is 5.91 Å². The van der Waals surface area contributed by atoms with Crippen molar-refractivity contribution in [3.63, 3.8) is 0 Å². The Kier molecular flexibility index (Phi) is 4.67. The van der Waals surface area contributed by atoms with E-state index in [1.165, 1.54) is 17.1 Å². The predicted molar refractivity (Wildman–Crippen MR) is 72.2 cm³/mol. The van der Waals surface area contributed by atoms with Gasteiger partial charge in [0.25, 0.3) is 0 Å². The topological polar surface area (TPSA) is 93.3 Å². The number of piperidine rings is 1. The van der Waals surface area contributed by atoms with E-state index in [4.69, 9.17) is 0 Å². The highest BCUT2D eigenvalue weighted by Crippen LogP contribution is 2.12. The molecule has 2 rings (SSSR count). The molecule has 0 radical (unpaired) electrons. The van der Waals surface area contributed by atoms with Crippen molar-refractivity contribution in [2.75, 3.05) is 20.1 Å². The average Bonchev–Trinajstić information content (AvgIpc) is 2.94. The molecule has 1 fully saturated rings. The number of likely N-dealkylation sites (N-methyl/N-ethyl adjacent to an activating group) is 1. The molecule has 0 aliphatic carbocycles. The van der Waals surface area contributed by atoms with Gasteiger partial charge in [0.15, 0.2) is 0 Å². The minimum atomic E-state index is -0.493. The van der Waals surface area contributed by atoms with Crippen LogP contribution in [0.1, 0.15) is 19.3 Å². The summed E-state index contributed by atoms with van der Waals surface area (Å²) in [4.78, 5) is 24.0. The van der Waals surface area contributed by atoms with E-state index >= 15 is 0 Å². The molecular formula is C12H19N5O3. The molecule has 1 atom stereocenters. The second kappa shape index (κ2) is 6.47. The second-order valence-corrected chi connectivity index (χ2v) is 4.94. The van der Waals surface area contributed by atoms with Crippen LogP contribution in [0.2, 0.25) is 0 Å². The van der Waals surface area contributed by atoms with E-state index in [-0.39, 0.29) is 11.6 Å². The molecule has 0 bridgehead atoms. The highest BCUT2D eigenvalue weighted by molar-refractivity contribution is 5.76. The van der Waals surface area contributed by atoms with Gasteiger partial charge in [-0.15, -0.1) is 0 Å². The minimum absolute atomic E-state index is 0.0503. The SMILES string of the molecule is CNC1CCCN(C(=O)CCn2cc([N+](=O)[O-])cn2)C1. The lowest BCUT2D eigenvalue weighted by atomic mass is 10.1. The first-order valence-electron chi connectivity index (χ1n) is 6.72. The summed E-state index contributed by atoms with van der Waals surface area (Å²) in [7, 11) is 1.90. The van der Waals surface area contributed by atoms with E-state index in [0.717, 1.165) is 25.9 Å².